The van der Waals surface area contributed by atoms with Crippen molar-refractivity contribution in [1.29, 1.82) is 0 Å². The molecule has 1 aliphatic rings. The van der Waals surface area contributed by atoms with E-state index in [9.17, 15) is 0 Å². The summed E-state index contributed by atoms with van der Waals surface area (Å²) in [6.45, 7) is 2.90. The molecule has 0 bridgehead atoms. The van der Waals surface area contributed by atoms with Crippen LogP contribution in [-0.2, 0) is 4.74 Å². The van der Waals surface area contributed by atoms with E-state index in [2.05, 4.69) is 22.2 Å². The van der Waals surface area contributed by atoms with Crippen LogP contribution in [0.25, 0.3) is 0 Å². The molecule has 4 nitrogen and oxygen atoms in total. The predicted octanol–water partition coefficient (Wildman–Crippen LogP) is 1.07. The van der Waals surface area contributed by atoms with E-state index in [1.807, 2.05) is 0 Å². The summed E-state index contributed by atoms with van der Waals surface area (Å²) in [7, 11) is 0. The van der Waals surface area contributed by atoms with Gasteiger partial charge in [0.2, 0.25) is 0 Å². The maximum atomic E-state index is 5.43. The largest absolute Gasteiger partial charge is 0.376 e. The summed E-state index contributed by atoms with van der Waals surface area (Å²) < 4.78 is 5.43. The molecule has 0 radical (unpaired) electrons. The minimum absolute atomic E-state index is 0.266. The Labute approximate surface area is 77.4 Å². The summed E-state index contributed by atoms with van der Waals surface area (Å²) in [5.41, 5.74) is 0. The van der Waals surface area contributed by atoms with Crippen LogP contribution >= 0.6 is 0 Å². The molecule has 4 heteroatoms. The summed E-state index contributed by atoms with van der Waals surface area (Å²) in [5, 5.41) is 3.29. The number of aromatic nitrogens is 2. The maximum Gasteiger partial charge on any atom is 0.144 e. The van der Waals surface area contributed by atoms with Crippen LogP contribution in [-0.4, -0.2) is 28.7 Å². The second kappa shape index (κ2) is 3.70. The first-order valence-corrected chi connectivity index (χ1v) is 4.50. The Balaban J connectivity index is 1.98. The minimum Gasteiger partial charge on any atom is -0.376 e. The summed E-state index contributed by atoms with van der Waals surface area (Å²) in [6.07, 6.45) is 6.38. The molecule has 2 atom stereocenters. The molecular weight excluding hydrogens is 166 g/mol. The molecule has 70 valence electrons. The van der Waals surface area contributed by atoms with Crippen molar-refractivity contribution in [3.05, 3.63) is 18.6 Å². The van der Waals surface area contributed by atoms with Gasteiger partial charge in [-0.15, -0.1) is 0 Å². The number of nitrogens with zero attached hydrogens (tertiary/aromatic N) is 2. The van der Waals surface area contributed by atoms with E-state index in [0.717, 1.165) is 18.8 Å². The average molecular weight is 179 g/mol. The van der Waals surface area contributed by atoms with Crippen LogP contribution in [0.4, 0.5) is 5.82 Å². The van der Waals surface area contributed by atoms with Gasteiger partial charge in [0.05, 0.1) is 18.3 Å². The molecule has 1 fully saturated rings. The zero-order valence-corrected chi connectivity index (χ0v) is 7.60. The third-order valence-corrected chi connectivity index (χ3v) is 2.27. The molecule has 1 aromatic rings. The van der Waals surface area contributed by atoms with Crippen LogP contribution in [0.15, 0.2) is 18.6 Å². The smallest absolute Gasteiger partial charge is 0.144 e. The number of anilines is 1. The zero-order valence-electron chi connectivity index (χ0n) is 7.60. The molecule has 2 heterocycles. The van der Waals surface area contributed by atoms with E-state index in [1.165, 1.54) is 0 Å². The summed E-state index contributed by atoms with van der Waals surface area (Å²) in [5.74, 6) is 0.824. The SMILES string of the molecule is CC1OCCC1Nc1cnccn1. The van der Waals surface area contributed by atoms with Crippen molar-refractivity contribution in [2.45, 2.75) is 25.5 Å². The van der Waals surface area contributed by atoms with Crippen molar-refractivity contribution in [1.82, 2.24) is 9.97 Å². The van der Waals surface area contributed by atoms with Crippen LogP contribution < -0.4 is 5.32 Å². The fraction of sp³-hybridized carbons (Fsp3) is 0.556. The van der Waals surface area contributed by atoms with Gasteiger partial charge in [-0.2, -0.15) is 0 Å². The van der Waals surface area contributed by atoms with E-state index < -0.39 is 0 Å². The van der Waals surface area contributed by atoms with E-state index in [0.29, 0.717) is 6.04 Å². The van der Waals surface area contributed by atoms with Crippen LogP contribution in [0.1, 0.15) is 13.3 Å². The van der Waals surface area contributed by atoms with Crippen LogP contribution in [0, 0.1) is 0 Å². The highest BCUT2D eigenvalue weighted by molar-refractivity contribution is 5.32. The molecule has 1 aliphatic heterocycles. The first kappa shape index (κ1) is 8.44. The molecule has 13 heavy (non-hydrogen) atoms. The molecule has 0 spiro atoms. The van der Waals surface area contributed by atoms with Crippen LogP contribution in [0.3, 0.4) is 0 Å². The van der Waals surface area contributed by atoms with Crippen molar-refractivity contribution in [3.63, 3.8) is 0 Å². The lowest BCUT2D eigenvalue weighted by atomic mass is 10.1. The minimum atomic E-state index is 0.266. The average Bonchev–Trinajstić information content (AvgIpc) is 2.54. The summed E-state index contributed by atoms with van der Waals surface area (Å²) in [4.78, 5) is 8.13. The Morgan fingerprint density at radius 1 is 1.54 bits per heavy atom. The highest BCUT2D eigenvalue weighted by Gasteiger charge is 2.23. The Bertz CT molecular complexity index is 265. The Morgan fingerprint density at radius 2 is 2.46 bits per heavy atom. The topological polar surface area (TPSA) is 47.0 Å². The van der Waals surface area contributed by atoms with E-state index in [4.69, 9.17) is 4.74 Å². The van der Waals surface area contributed by atoms with Crippen molar-refractivity contribution < 1.29 is 4.74 Å². The van der Waals surface area contributed by atoms with Gasteiger partial charge in [-0.25, -0.2) is 4.98 Å². The Kier molecular flexibility index (Phi) is 2.40. The van der Waals surface area contributed by atoms with Gasteiger partial charge < -0.3 is 10.1 Å². The van der Waals surface area contributed by atoms with E-state index >= 15 is 0 Å². The monoisotopic (exact) mass is 179 g/mol. The second-order valence-electron chi connectivity index (χ2n) is 3.21. The third kappa shape index (κ3) is 1.95. The lowest BCUT2D eigenvalue weighted by Crippen LogP contribution is -2.27. The number of ether oxygens (including phenoxy) is 1. The molecule has 0 saturated carbocycles. The van der Waals surface area contributed by atoms with Gasteiger partial charge >= 0.3 is 0 Å². The fourth-order valence-electron chi connectivity index (χ4n) is 1.48. The van der Waals surface area contributed by atoms with E-state index in [1.54, 1.807) is 18.6 Å². The van der Waals surface area contributed by atoms with Gasteiger partial charge in [0.15, 0.2) is 0 Å². The molecule has 1 aromatic heterocycles. The second-order valence-corrected chi connectivity index (χ2v) is 3.21. The third-order valence-electron chi connectivity index (χ3n) is 2.27. The highest BCUT2D eigenvalue weighted by atomic mass is 16.5. The molecule has 0 amide bonds. The number of rotatable bonds is 2. The zero-order chi connectivity index (χ0) is 9.10. The van der Waals surface area contributed by atoms with Crippen LogP contribution in [0.2, 0.25) is 0 Å². The standard InChI is InChI=1S/C9H13N3O/c1-7-8(2-5-13-7)12-9-6-10-3-4-11-9/h3-4,6-8H,2,5H2,1H3,(H,11,12). The number of nitrogens with one attached hydrogen (secondary N) is 1. The highest BCUT2D eigenvalue weighted by Crippen LogP contribution is 2.16. The van der Waals surface area contributed by atoms with Crippen molar-refractivity contribution >= 4 is 5.82 Å². The van der Waals surface area contributed by atoms with Gasteiger partial charge in [-0.05, 0) is 13.3 Å². The summed E-state index contributed by atoms with van der Waals surface area (Å²) in [6, 6.07) is 0.372. The van der Waals surface area contributed by atoms with Gasteiger partial charge in [-0.3, -0.25) is 4.98 Å². The molecule has 2 rings (SSSR count). The van der Waals surface area contributed by atoms with Crippen molar-refractivity contribution in [2.24, 2.45) is 0 Å². The van der Waals surface area contributed by atoms with Crippen molar-refractivity contribution in [3.8, 4) is 0 Å². The quantitative estimate of drug-likeness (QED) is 0.737. The fourth-order valence-corrected chi connectivity index (χ4v) is 1.48. The molecule has 2 unspecified atom stereocenters. The van der Waals surface area contributed by atoms with Crippen molar-refractivity contribution in [2.75, 3.05) is 11.9 Å². The number of hydrogen-bond donors (Lipinski definition) is 1. The summed E-state index contributed by atoms with van der Waals surface area (Å²) >= 11 is 0. The normalized spacial score (nSPS) is 27.5. The van der Waals surface area contributed by atoms with Gasteiger partial charge in [0, 0.05) is 19.0 Å². The van der Waals surface area contributed by atoms with E-state index in [-0.39, 0.29) is 6.10 Å². The molecule has 0 aromatic carbocycles. The first-order chi connectivity index (χ1) is 6.36. The molecular formula is C9H13N3O. The predicted molar refractivity (Wildman–Crippen MR) is 49.5 cm³/mol. The lowest BCUT2D eigenvalue weighted by molar-refractivity contribution is 0.121. The first-order valence-electron chi connectivity index (χ1n) is 4.50. The van der Waals surface area contributed by atoms with Gasteiger partial charge in [-0.1, -0.05) is 0 Å². The Morgan fingerprint density at radius 3 is 3.08 bits per heavy atom. The van der Waals surface area contributed by atoms with Gasteiger partial charge in [0.25, 0.3) is 0 Å². The Hall–Kier alpha value is -1.16. The molecule has 0 aliphatic carbocycles. The lowest BCUT2D eigenvalue weighted by Gasteiger charge is -2.15. The molecule has 1 N–H and O–H groups in total. The number of hydrogen-bond acceptors (Lipinski definition) is 4. The molecule has 1 saturated heterocycles. The van der Waals surface area contributed by atoms with Gasteiger partial charge in [0.1, 0.15) is 5.82 Å². The van der Waals surface area contributed by atoms with Crippen LogP contribution in [0.5, 0.6) is 0 Å². The maximum absolute atomic E-state index is 5.43.